The van der Waals surface area contributed by atoms with Crippen LogP contribution in [0.5, 0.6) is 5.88 Å². The van der Waals surface area contributed by atoms with E-state index in [0.29, 0.717) is 6.42 Å². The second kappa shape index (κ2) is 5.58. The lowest BCUT2D eigenvalue weighted by Crippen LogP contribution is -2.23. The number of nitrogens with one attached hydrogen (secondary N) is 1. The summed E-state index contributed by atoms with van der Waals surface area (Å²) < 4.78 is 6.83. The molecule has 1 aromatic heterocycles. The maximum atomic E-state index is 8.58. The van der Waals surface area contributed by atoms with Crippen molar-refractivity contribution < 1.29 is 4.74 Å². The Morgan fingerprint density at radius 1 is 1.59 bits per heavy atom. The molecule has 0 amide bonds. The van der Waals surface area contributed by atoms with Crippen LogP contribution < -0.4 is 10.1 Å². The van der Waals surface area contributed by atoms with Crippen molar-refractivity contribution in [1.29, 1.82) is 5.26 Å². The molecule has 0 aliphatic heterocycles. The Labute approximate surface area is 102 Å². The number of anilines is 1. The summed E-state index contributed by atoms with van der Waals surface area (Å²) in [6, 6.07) is 4.04. The summed E-state index contributed by atoms with van der Waals surface area (Å²) >= 11 is 0. The van der Waals surface area contributed by atoms with Gasteiger partial charge in [0, 0.05) is 26.1 Å². The SMILES string of the molecule is COc1cc(NCC(C)(C)CCC#N)nn1C. The molecule has 0 saturated carbocycles. The van der Waals surface area contributed by atoms with E-state index in [4.69, 9.17) is 10.00 Å². The van der Waals surface area contributed by atoms with Gasteiger partial charge in [0.05, 0.1) is 13.2 Å². The van der Waals surface area contributed by atoms with Crippen molar-refractivity contribution in [2.24, 2.45) is 12.5 Å². The van der Waals surface area contributed by atoms with Crippen LogP contribution in [0.3, 0.4) is 0 Å². The topological polar surface area (TPSA) is 62.9 Å². The van der Waals surface area contributed by atoms with Gasteiger partial charge in [-0.3, -0.25) is 0 Å². The molecule has 0 bridgehead atoms. The number of aryl methyl sites for hydroxylation is 1. The van der Waals surface area contributed by atoms with Crippen molar-refractivity contribution in [1.82, 2.24) is 9.78 Å². The second-order valence-electron chi connectivity index (χ2n) is 4.87. The Morgan fingerprint density at radius 3 is 2.82 bits per heavy atom. The van der Waals surface area contributed by atoms with Gasteiger partial charge in [-0.1, -0.05) is 13.8 Å². The summed E-state index contributed by atoms with van der Waals surface area (Å²) in [6.07, 6.45) is 1.46. The van der Waals surface area contributed by atoms with Crippen LogP contribution in [0.1, 0.15) is 26.7 Å². The molecule has 1 N–H and O–H groups in total. The molecule has 1 heterocycles. The summed E-state index contributed by atoms with van der Waals surface area (Å²) in [5, 5.41) is 16.1. The number of hydrogen-bond donors (Lipinski definition) is 1. The molecule has 1 aromatic rings. The van der Waals surface area contributed by atoms with E-state index in [1.165, 1.54) is 0 Å². The maximum absolute atomic E-state index is 8.58. The fraction of sp³-hybridized carbons (Fsp3) is 0.667. The molecule has 5 nitrogen and oxygen atoms in total. The standard InChI is InChI=1S/C12H20N4O/c1-12(2,6-5-7-13)9-14-10-8-11(17-4)16(3)15-10/h8H,5-6,9H2,1-4H3,(H,14,15). The number of hydrogen-bond acceptors (Lipinski definition) is 4. The number of methoxy groups -OCH3 is 1. The minimum atomic E-state index is 0.0838. The number of ether oxygens (including phenoxy) is 1. The van der Waals surface area contributed by atoms with Crippen LogP contribution in [-0.4, -0.2) is 23.4 Å². The first-order valence-electron chi connectivity index (χ1n) is 5.67. The highest BCUT2D eigenvalue weighted by molar-refractivity contribution is 5.38. The van der Waals surface area contributed by atoms with Gasteiger partial charge in [-0.25, -0.2) is 4.68 Å². The Bertz CT molecular complexity index is 403. The second-order valence-corrected chi connectivity index (χ2v) is 4.87. The fourth-order valence-electron chi connectivity index (χ4n) is 1.54. The van der Waals surface area contributed by atoms with Gasteiger partial charge in [0.25, 0.3) is 0 Å². The normalized spacial score (nSPS) is 11.0. The van der Waals surface area contributed by atoms with Gasteiger partial charge >= 0.3 is 0 Å². The maximum Gasteiger partial charge on any atom is 0.213 e. The van der Waals surface area contributed by atoms with E-state index in [1.807, 2.05) is 13.1 Å². The molecule has 5 heteroatoms. The molecular formula is C12H20N4O. The Balaban J connectivity index is 2.52. The van der Waals surface area contributed by atoms with Gasteiger partial charge in [-0.2, -0.15) is 10.4 Å². The summed E-state index contributed by atoms with van der Waals surface area (Å²) in [4.78, 5) is 0. The predicted molar refractivity (Wildman–Crippen MR) is 66.9 cm³/mol. The lowest BCUT2D eigenvalue weighted by atomic mass is 9.88. The van der Waals surface area contributed by atoms with Crippen molar-refractivity contribution in [2.45, 2.75) is 26.7 Å². The van der Waals surface area contributed by atoms with Gasteiger partial charge in [-0.15, -0.1) is 0 Å². The zero-order chi connectivity index (χ0) is 12.9. The first-order chi connectivity index (χ1) is 7.98. The van der Waals surface area contributed by atoms with Crippen LogP contribution in [-0.2, 0) is 7.05 Å². The van der Waals surface area contributed by atoms with Crippen molar-refractivity contribution in [2.75, 3.05) is 19.0 Å². The summed E-state index contributed by atoms with van der Waals surface area (Å²) in [5.41, 5.74) is 0.0838. The molecule has 0 atom stereocenters. The fourth-order valence-corrected chi connectivity index (χ4v) is 1.54. The largest absolute Gasteiger partial charge is 0.481 e. The van der Waals surface area contributed by atoms with Crippen LogP contribution >= 0.6 is 0 Å². The number of nitriles is 1. The number of nitrogens with zero attached hydrogens (tertiary/aromatic N) is 3. The Kier molecular flexibility index (Phi) is 4.38. The first kappa shape index (κ1) is 13.4. The smallest absolute Gasteiger partial charge is 0.213 e. The molecule has 0 saturated heterocycles. The zero-order valence-corrected chi connectivity index (χ0v) is 10.9. The van der Waals surface area contributed by atoms with E-state index in [0.717, 1.165) is 24.7 Å². The summed E-state index contributed by atoms with van der Waals surface area (Å²) in [6.45, 7) is 5.06. The van der Waals surface area contributed by atoms with Gasteiger partial charge in [0.1, 0.15) is 0 Å². The van der Waals surface area contributed by atoms with Crippen molar-refractivity contribution in [3.63, 3.8) is 0 Å². The van der Waals surface area contributed by atoms with Crippen LogP contribution in [0.15, 0.2) is 6.07 Å². The quantitative estimate of drug-likeness (QED) is 0.822. The summed E-state index contributed by atoms with van der Waals surface area (Å²) in [5.74, 6) is 1.52. The molecule has 0 aromatic carbocycles. The lowest BCUT2D eigenvalue weighted by molar-refractivity contribution is 0.363. The molecule has 17 heavy (non-hydrogen) atoms. The Hall–Kier alpha value is -1.70. The van der Waals surface area contributed by atoms with E-state index in [1.54, 1.807) is 11.8 Å². The van der Waals surface area contributed by atoms with Crippen LogP contribution in [0.2, 0.25) is 0 Å². The van der Waals surface area contributed by atoms with Crippen molar-refractivity contribution in [3.8, 4) is 11.9 Å². The minimum absolute atomic E-state index is 0.0838. The van der Waals surface area contributed by atoms with Gasteiger partial charge < -0.3 is 10.1 Å². The number of rotatable bonds is 6. The predicted octanol–water partition coefficient (Wildman–Crippen LogP) is 2.17. The number of aromatic nitrogens is 2. The molecule has 0 spiro atoms. The first-order valence-corrected chi connectivity index (χ1v) is 5.67. The highest BCUT2D eigenvalue weighted by Gasteiger charge is 2.17. The molecule has 94 valence electrons. The third kappa shape index (κ3) is 3.99. The minimum Gasteiger partial charge on any atom is -0.481 e. The average Bonchev–Trinajstić information content (AvgIpc) is 2.65. The molecule has 0 unspecified atom stereocenters. The molecule has 0 aliphatic rings. The summed E-state index contributed by atoms with van der Waals surface area (Å²) in [7, 11) is 3.46. The van der Waals surface area contributed by atoms with E-state index < -0.39 is 0 Å². The Morgan fingerprint density at radius 2 is 2.29 bits per heavy atom. The average molecular weight is 236 g/mol. The van der Waals surface area contributed by atoms with Gasteiger partial charge in [-0.05, 0) is 11.8 Å². The van der Waals surface area contributed by atoms with E-state index in [9.17, 15) is 0 Å². The molecule has 0 aliphatic carbocycles. The highest BCUT2D eigenvalue weighted by atomic mass is 16.5. The monoisotopic (exact) mass is 236 g/mol. The highest BCUT2D eigenvalue weighted by Crippen LogP contribution is 2.23. The lowest BCUT2D eigenvalue weighted by Gasteiger charge is -2.23. The van der Waals surface area contributed by atoms with Crippen LogP contribution in [0, 0.1) is 16.7 Å². The van der Waals surface area contributed by atoms with Crippen molar-refractivity contribution >= 4 is 5.82 Å². The molecule has 0 fully saturated rings. The molecule has 1 rings (SSSR count). The van der Waals surface area contributed by atoms with Gasteiger partial charge in [0.2, 0.25) is 5.88 Å². The zero-order valence-electron chi connectivity index (χ0n) is 10.9. The van der Waals surface area contributed by atoms with Crippen LogP contribution in [0.25, 0.3) is 0 Å². The van der Waals surface area contributed by atoms with E-state index in [-0.39, 0.29) is 5.41 Å². The third-order valence-electron chi connectivity index (χ3n) is 2.71. The van der Waals surface area contributed by atoms with E-state index >= 15 is 0 Å². The van der Waals surface area contributed by atoms with Crippen LogP contribution in [0.4, 0.5) is 5.82 Å². The molecule has 0 radical (unpaired) electrons. The molecular weight excluding hydrogens is 216 g/mol. The van der Waals surface area contributed by atoms with E-state index in [2.05, 4.69) is 30.3 Å². The van der Waals surface area contributed by atoms with Crippen molar-refractivity contribution in [3.05, 3.63) is 6.07 Å². The third-order valence-corrected chi connectivity index (χ3v) is 2.71. The van der Waals surface area contributed by atoms with Gasteiger partial charge in [0.15, 0.2) is 5.82 Å².